The Balaban J connectivity index is 0.00000256. The highest BCUT2D eigenvalue weighted by molar-refractivity contribution is 14.0. The van der Waals surface area contributed by atoms with Gasteiger partial charge in [-0.25, -0.2) is 0 Å². The van der Waals surface area contributed by atoms with Gasteiger partial charge in [-0.1, -0.05) is 12.1 Å². The van der Waals surface area contributed by atoms with Crippen molar-refractivity contribution in [1.29, 1.82) is 0 Å². The maximum Gasteiger partial charge on any atom is 0.261 e. The number of rotatable bonds is 7. The van der Waals surface area contributed by atoms with Crippen molar-refractivity contribution in [3.8, 4) is 0 Å². The molecule has 2 aliphatic heterocycles. The van der Waals surface area contributed by atoms with Crippen LogP contribution < -0.4 is 10.6 Å². The molecule has 8 heteroatoms. The molecule has 1 aliphatic carbocycles. The summed E-state index contributed by atoms with van der Waals surface area (Å²) in [5.41, 5.74) is 1.04. The lowest BCUT2D eigenvalue weighted by Crippen LogP contribution is -2.45. The van der Waals surface area contributed by atoms with Gasteiger partial charge in [0, 0.05) is 44.8 Å². The predicted molar refractivity (Wildman–Crippen MR) is 129 cm³/mol. The van der Waals surface area contributed by atoms with Crippen LogP contribution in [0.4, 0.5) is 0 Å². The lowest BCUT2D eigenvalue weighted by Gasteiger charge is -2.20. The lowest BCUT2D eigenvalue weighted by molar-refractivity contribution is 0.0652. The van der Waals surface area contributed by atoms with Crippen LogP contribution in [0.15, 0.2) is 29.3 Å². The van der Waals surface area contributed by atoms with Gasteiger partial charge in [-0.05, 0) is 51.2 Å². The second kappa shape index (κ2) is 10.1. The molecule has 164 valence electrons. The molecule has 0 aromatic heterocycles. The van der Waals surface area contributed by atoms with E-state index in [1.807, 2.05) is 0 Å². The Bertz CT molecular complexity index is 775. The number of likely N-dealkylation sites (tertiary alicyclic amines) is 1. The molecule has 1 aromatic rings. The number of hydrogen-bond donors (Lipinski definition) is 2. The largest absolute Gasteiger partial charge is 0.356 e. The fourth-order valence-electron chi connectivity index (χ4n) is 4.51. The van der Waals surface area contributed by atoms with Crippen LogP contribution in [0.3, 0.4) is 0 Å². The van der Waals surface area contributed by atoms with Gasteiger partial charge in [0.05, 0.1) is 11.1 Å². The summed E-state index contributed by atoms with van der Waals surface area (Å²) in [6, 6.07) is 8.92. The third-order valence-corrected chi connectivity index (χ3v) is 6.18. The molecule has 0 bridgehead atoms. The van der Waals surface area contributed by atoms with Crippen molar-refractivity contribution in [2.75, 3.05) is 26.7 Å². The van der Waals surface area contributed by atoms with Gasteiger partial charge in [-0.3, -0.25) is 24.4 Å². The standard InChI is InChI=1S/C22H31N5O2.HI/c1-15-13-16(14-27(15)17-9-10-17)25-22(23-2)24-11-5-6-12-26-20(28)18-7-3-4-8-19(18)21(26)29;/h3-4,7-8,15-17H,5-6,9-14H2,1-2H3,(H2,23,24,25);1H. The minimum atomic E-state index is -0.174. The topological polar surface area (TPSA) is 77.0 Å². The molecular formula is C22H32IN5O2. The molecule has 4 rings (SSSR count). The minimum absolute atomic E-state index is 0. The molecule has 1 saturated heterocycles. The van der Waals surface area contributed by atoms with E-state index in [0.717, 1.165) is 44.4 Å². The highest BCUT2D eigenvalue weighted by Crippen LogP contribution is 2.33. The fourth-order valence-corrected chi connectivity index (χ4v) is 4.51. The molecule has 2 atom stereocenters. The Hall–Kier alpha value is -1.68. The van der Waals surface area contributed by atoms with Crippen molar-refractivity contribution < 1.29 is 9.59 Å². The Kier molecular flexibility index (Phi) is 7.73. The number of nitrogens with one attached hydrogen (secondary N) is 2. The van der Waals surface area contributed by atoms with Crippen LogP contribution in [-0.4, -0.2) is 72.4 Å². The Morgan fingerprint density at radius 2 is 1.80 bits per heavy atom. The normalized spacial score (nSPS) is 24.1. The first kappa shape index (κ1) is 23.0. The average molecular weight is 525 g/mol. The SMILES string of the molecule is CN=C(NCCCCN1C(=O)c2ccccc2C1=O)NC1CC(C)N(C2CC2)C1.I. The van der Waals surface area contributed by atoms with Gasteiger partial charge in [-0.15, -0.1) is 24.0 Å². The second-order valence-corrected chi connectivity index (χ2v) is 8.37. The van der Waals surface area contributed by atoms with Crippen molar-refractivity contribution in [1.82, 2.24) is 20.4 Å². The van der Waals surface area contributed by atoms with Crippen molar-refractivity contribution in [3.05, 3.63) is 35.4 Å². The number of benzene rings is 1. The minimum Gasteiger partial charge on any atom is -0.356 e. The van der Waals surface area contributed by atoms with E-state index in [9.17, 15) is 9.59 Å². The van der Waals surface area contributed by atoms with Crippen molar-refractivity contribution in [2.24, 2.45) is 4.99 Å². The smallest absolute Gasteiger partial charge is 0.261 e. The molecule has 7 nitrogen and oxygen atoms in total. The zero-order valence-corrected chi connectivity index (χ0v) is 20.1. The summed E-state index contributed by atoms with van der Waals surface area (Å²) in [4.78, 5) is 33.1. The number of guanidine groups is 1. The van der Waals surface area contributed by atoms with E-state index >= 15 is 0 Å². The van der Waals surface area contributed by atoms with Gasteiger partial charge in [0.15, 0.2) is 5.96 Å². The molecule has 0 spiro atoms. The molecule has 2 amide bonds. The maximum absolute atomic E-state index is 12.4. The Morgan fingerprint density at radius 3 is 2.40 bits per heavy atom. The molecule has 1 saturated carbocycles. The van der Waals surface area contributed by atoms with Crippen LogP contribution in [0.1, 0.15) is 59.7 Å². The number of fused-ring (bicyclic) bond motifs is 1. The van der Waals surface area contributed by atoms with Crippen LogP contribution in [0.2, 0.25) is 0 Å². The number of imide groups is 1. The summed E-state index contributed by atoms with van der Waals surface area (Å²) in [5, 5.41) is 6.91. The van der Waals surface area contributed by atoms with Gasteiger partial charge in [0.1, 0.15) is 0 Å². The van der Waals surface area contributed by atoms with E-state index in [-0.39, 0.29) is 35.8 Å². The van der Waals surface area contributed by atoms with Gasteiger partial charge < -0.3 is 10.6 Å². The third kappa shape index (κ3) is 4.96. The van der Waals surface area contributed by atoms with E-state index < -0.39 is 0 Å². The number of hydrogen-bond acceptors (Lipinski definition) is 4. The van der Waals surface area contributed by atoms with Crippen LogP contribution in [0, 0.1) is 0 Å². The zero-order valence-electron chi connectivity index (χ0n) is 17.8. The van der Waals surface area contributed by atoms with E-state index in [1.165, 1.54) is 17.7 Å². The first-order chi connectivity index (χ1) is 14.1. The Labute approximate surface area is 195 Å². The molecule has 0 radical (unpaired) electrons. The first-order valence-electron chi connectivity index (χ1n) is 10.8. The van der Waals surface area contributed by atoms with E-state index in [1.54, 1.807) is 31.3 Å². The van der Waals surface area contributed by atoms with Crippen molar-refractivity contribution in [3.63, 3.8) is 0 Å². The van der Waals surface area contributed by atoms with E-state index in [4.69, 9.17) is 0 Å². The molecule has 1 aromatic carbocycles. The molecule has 2 fully saturated rings. The van der Waals surface area contributed by atoms with Crippen LogP contribution in [0.5, 0.6) is 0 Å². The van der Waals surface area contributed by atoms with Gasteiger partial charge in [0.2, 0.25) is 0 Å². The molecule has 2 N–H and O–H groups in total. The molecule has 2 unspecified atom stereocenters. The number of carbonyl (C=O) groups is 2. The predicted octanol–water partition coefficient (Wildman–Crippen LogP) is 2.47. The van der Waals surface area contributed by atoms with Crippen LogP contribution >= 0.6 is 24.0 Å². The first-order valence-corrected chi connectivity index (χ1v) is 10.8. The quantitative estimate of drug-likeness (QED) is 0.188. The fraction of sp³-hybridized carbons (Fsp3) is 0.591. The summed E-state index contributed by atoms with van der Waals surface area (Å²) in [6.07, 6.45) is 5.47. The molecular weight excluding hydrogens is 493 g/mol. The molecule has 3 aliphatic rings. The second-order valence-electron chi connectivity index (χ2n) is 8.37. The lowest BCUT2D eigenvalue weighted by atomic mass is 10.1. The highest BCUT2D eigenvalue weighted by atomic mass is 127. The summed E-state index contributed by atoms with van der Waals surface area (Å²) >= 11 is 0. The van der Waals surface area contributed by atoms with Crippen LogP contribution in [0.25, 0.3) is 0 Å². The summed E-state index contributed by atoms with van der Waals surface area (Å²) in [5.74, 6) is 0.485. The Morgan fingerprint density at radius 1 is 1.13 bits per heavy atom. The van der Waals surface area contributed by atoms with Crippen molar-refractivity contribution in [2.45, 2.75) is 57.2 Å². The van der Waals surface area contributed by atoms with Gasteiger partial charge >= 0.3 is 0 Å². The highest BCUT2D eigenvalue weighted by Gasteiger charge is 2.39. The third-order valence-electron chi connectivity index (χ3n) is 6.18. The number of nitrogens with zero attached hydrogens (tertiary/aromatic N) is 3. The summed E-state index contributed by atoms with van der Waals surface area (Å²) < 4.78 is 0. The number of unbranched alkanes of at least 4 members (excludes halogenated alkanes) is 1. The average Bonchev–Trinajstić information content (AvgIpc) is 3.46. The van der Waals surface area contributed by atoms with Gasteiger partial charge in [0.25, 0.3) is 11.8 Å². The van der Waals surface area contributed by atoms with Crippen molar-refractivity contribution >= 4 is 41.8 Å². The van der Waals surface area contributed by atoms with E-state index in [2.05, 4.69) is 27.4 Å². The summed E-state index contributed by atoms with van der Waals surface area (Å²) in [7, 11) is 1.80. The monoisotopic (exact) mass is 525 g/mol. The molecule has 2 heterocycles. The number of halogens is 1. The molecule has 30 heavy (non-hydrogen) atoms. The number of carbonyl (C=O) groups excluding carboxylic acids is 2. The van der Waals surface area contributed by atoms with Crippen LogP contribution in [-0.2, 0) is 0 Å². The van der Waals surface area contributed by atoms with E-state index in [0.29, 0.717) is 29.8 Å². The van der Waals surface area contributed by atoms with Gasteiger partial charge in [-0.2, -0.15) is 0 Å². The number of aliphatic imine (C=N–C) groups is 1. The summed E-state index contributed by atoms with van der Waals surface area (Å²) in [6.45, 7) is 4.62. The maximum atomic E-state index is 12.4. The number of amides is 2. The zero-order chi connectivity index (χ0) is 20.4.